The molecular formula is C29H33N9O2. The normalized spacial score (nSPS) is 10.8. The minimum Gasteiger partial charge on any atom is -0.479 e. The topological polar surface area (TPSA) is 124 Å². The average Bonchev–Trinajstić information content (AvgIpc) is 3.24. The van der Waals surface area contributed by atoms with Crippen LogP contribution in [0.3, 0.4) is 0 Å². The van der Waals surface area contributed by atoms with Crippen LogP contribution in [-0.2, 0) is 11.8 Å². The number of benzene rings is 1. The van der Waals surface area contributed by atoms with Gasteiger partial charge in [-0.3, -0.25) is 4.79 Å². The van der Waals surface area contributed by atoms with E-state index in [1.165, 1.54) is 13.2 Å². The zero-order chi connectivity index (χ0) is 29.0. The summed E-state index contributed by atoms with van der Waals surface area (Å²) in [6.07, 6.45) is 4.85. The molecule has 4 rings (SSSR count). The van der Waals surface area contributed by atoms with Crippen molar-refractivity contribution in [3.63, 3.8) is 0 Å². The number of amides is 1. The molecule has 3 aromatic heterocycles. The minimum absolute atomic E-state index is 0.302. The van der Waals surface area contributed by atoms with Gasteiger partial charge in [-0.2, -0.15) is 10.2 Å². The molecule has 1 aromatic carbocycles. The Balaban J connectivity index is 1.73. The molecule has 0 spiro atoms. The van der Waals surface area contributed by atoms with E-state index < -0.39 is 0 Å². The number of pyridine rings is 1. The van der Waals surface area contributed by atoms with Crippen LogP contribution in [0.25, 0.3) is 22.2 Å². The van der Waals surface area contributed by atoms with Crippen LogP contribution in [0.15, 0.2) is 49.3 Å². The maximum absolute atomic E-state index is 12.2. The van der Waals surface area contributed by atoms with E-state index in [2.05, 4.69) is 38.1 Å². The Labute approximate surface area is 233 Å². The van der Waals surface area contributed by atoms with Crippen molar-refractivity contribution in [3.8, 4) is 23.2 Å². The Morgan fingerprint density at radius 1 is 1.20 bits per heavy atom. The van der Waals surface area contributed by atoms with Crippen LogP contribution >= 0.6 is 0 Å². The molecule has 2 N–H and O–H groups in total. The summed E-state index contributed by atoms with van der Waals surface area (Å²) in [5.74, 6) is 0.795. The van der Waals surface area contributed by atoms with Gasteiger partial charge in [-0.25, -0.2) is 9.97 Å². The summed E-state index contributed by atoms with van der Waals surface area (Å²) in [7, 11) is 9.33. The molecule has 40 heavy (non-hydrogen) atoms. The van der Waals surface area contributed by atoms with Crippen molar-refractivity contribution in [1.29, 1.82) is 5.26 Å². The fraction of sp³-hybridized carbons (Fsp3) is 0.276. The van der Waals surface area contributed by atoms with Crippen molar-refractivity contribution in [3.05, 3.63) is 60.4 Å². The second kappa shape index (κ2) is 11.8. The Morgan fingerprint density at radius 3 is 2.65 bits per heavy atom. The molecule has 0 atom stereocenters. The van der Waals surface area contributed by atoms with E-state index in [0.29, 0.717) is 46.8 Å². The Morgan fingerprint density at radius 2 is 1.98 bits per heavy atom. The summed E-state index contributed by atoms with van der Waals surface area (Å²) >= 11 is 0. The van der Waals surface area contributed by atoms with Gasteiger partial charge in [0.15, 0.2) is 5.82 Å². The van der Waals surface area contributed by atoms with Gasteiger partial charge in [-0.05, 0) is 56.9 Å². The zero-order valence-corrected chi connectivity index (χ0v) is 23.6. The van der Waals surface area contributed by atoms with Gasteiger partial charge in [0, 0.05) is 50.5 Å². The molecule has 0 aliphatic rings. The van der Waals surface area contributed by atoms with Crippen LogP contribution in [0.5, 0.6) is 5.88 Å². The number of rotatable bonds is 10. The van der Waals surface area contributed by atoms with Gasteiger partial charge in [-0.1, -0.05) is 6.58 Å². The van der Waals surface area contributed by atoms with Gasteiger partial charge in [0.2, 0.25) is 17.7 Å². The highest BCUT2D eigenvalue weighted by atomic mass is 16.5. The number of fused-ring (bicyclic) bond motifs is 1. The third-order valence-electron chi connectivity index (χ3n) is 6.44. The first-order chi connectivity index (χ1) is 19.1. The molecule has 4 aromatic rings. The number of carbonyl (C=O) groups excluding carboxylic acids is 1. The fourth-order valence-electron chi connectivity index (χ4n) is 4.43. The Bertz CT molecular complexity index is 1620. The fourth-order valence-corrected chi connectivity index (χ4v) is 4.43. The molecule has 11 heteroatoms. The monoisotopic (exact) mass is 539 g/mol. The molecule has 0 aliphatic heterocycles. The quantitative estimate of drug-likeness (QED) is 0.287. The van der Waals surface area contributed by atoms with Crippen molar-refractivity contribution >= 4 is 40.0 Å². The van der Waals surface area contributed by atoms with Crippen LogP contribution in [0.4, 0.5) is 23.1 Å². The number of hydrogen-bond donors (Lipinski definition) is 2. The first kappa shape index (κ1) is 28.1. The van der Waals surface area contributed by atoms with E-state index in [4.69, 9.17) is 9.72 Å². The number of carbonyl (C=O) groups is 1. The van der Waals surface area contributed by atoms with Gasteiger partial charge in [-0.15, -0.1) is 0 Å². The number of nitrogens with zero attached hydrogens (tertiary/aromatic N) is 7. The van der Waals surface area contributed by atoms with E-state index in [-0.39, 0.29) is 5.91 Å². The largest absolute Gasteiger partial charge is 0.479 e. The number of nitriles is 1. The standard InChI is InChI=1S/C29H33N9O2/c1-8-25(39)32-23-15-24(28(40-7)35-27(23)37(5)12-11-36(3)4)34-29-31-10-9-22(33-29)19-13-20(16-30)26-21(14-19)18(2)17-38(26)6/h8-10,13-15,17H,1,11-12H2,2-7H3,(H,32,39)(H,31,33,34). The zero-order valence-electron chi connectivity index (χ0n) is 23.6. The van der Waals surface area contributed by atoms with Gasteiger partial charge >= 0.3 is 0 Å². The van der Waals surface area contributed by atoms with Gasteiger partial charge in [0.05, 0.1) is 29.6 Å². The Hall–Kier alpha value is -4.95. The van der Waals surface area contributed by atoms with Crippen molar-refractivity contribution in [2.45, 2.75) is 6.92 Å². The van der Waals surface area contributed by atoms with Crippen molar-refractivity contribution in [1.82, 2.24) is 24.4 Å². The van der Waals surface area contributed by atoms with Gasteiger partial charge in [0.25, 0.3) is 0 Å². The predicted octanol–water partition coefficient (Wildman–Crippen LogP) is 4.08. The van der Waals surface area contributed by atoms with Crippen LogP contribution in [0.1, 0.15) is 11.1 Å². The second-order valence-electron chi connectivity index (χ2n) is 9.68. The molecule has 0 radical (unpaired) electrons. The molecule has 0 aliphatic carbocycles. The van der Waals surface area contributed by atoms with Crippen LogP contribution in [0.2, 0.25) is 0 Å². The van der Waals surface area contributed by atoms with Crippen LogP contribution in [0, 0.1) is 18.3 Å². The molecule has 0 bridgehead atoms. The van der Waals surface area contributed by atoms with Crippen molar-refractivity contribution in [2.75, 3.05) is 56.9 Å². The predicted molar refractivity (Wildman–Crippen MR) is 158 cm³/mol. The smallest absolute Gasteiger partial charge is 0.247 e. The van der Waals surface area contributed by atoms with E-state index in [1.807, 2.05) is 62.9 Å². The third-order valence-corrected chi connectivity index (χ3v) is 6.44. The summed E-state index contributed by atoms with van der Waals surface area (Å²) in [6, 6.07) is 9.69. The van der Waals surface area contributed by atoms with E-state index >= 15 is 0 Å². The number of likely N-dealkylation sites (N-methyl/N-ethyl adjacent to an activating group) is 2. The lowest BCUT2D eigenvalue weighted by Crippen LogP contribution is -2.30. The number of methoxy groups -OCH3 is 1. The number of anilines is 4. The summed E-state index contributed by atoms with van der Waals surface area (Å²) in [6.45, 7) is 7.04. The molecule has 0 saturated heterocycles. The molecule has 0 saturated carbocycles. The lowest BCUT2D eigenvalue weighted by atomic mass is 10.0. The van der Waals surface area contributed by atoms with E-state index in [9.17, 15) is 10.1 Å². The first-order valence-electron chi connectivity index (χ1n) is 12.6. The molecule has 11 nitrogen and oxygen atoms in total. The van der Waals surface area contributed by atoms with E-state index in [0.717, 1.165) is 28.6 Å². The lowest BCUT2D eigenvalue weighted by molar-refractivity contribution is -0.111. The Kier molecular flexibility index (Phi) is 8.31. The summed E-state index contributed by atoms with van der Waals surface area (Å²) in [4.78, 5) is 30.0. The molecule has 0 fully saturated rings. The van der Waals surface area contributed by atoms with Crippen LogP contribution in [-0.4, -0.2) is 71.7 Å². The number of aromatic nitrogens is 4. The van der Waals surface area contributed by atoms with Crippen molar-refractivity contribution in [2.24, 2.45) is 7.05 Å². The van der Waals surface area contributed by atoms with Gasteiger partial charge in [0.1, 0.15) is 11.8 Å². The van der Waals surface area contributed by atoms with E-state index in [1.54, 1.807) is 18.3 Å². The second-order valence-corrected chi connectivity index (χ2v) is 9.68. The highest BCUT2D eigenvalue weighted by Gasteiger charge is 2.19. The number of hydrogen-bond acceptors (Lipinski definition) is 9. The molecule has 0 unspecified atom stereocenters. The molecule has 1 amide bonds. The maximum Gasteiger partial charge on any atom is 0.247 e. The SMILES string of the molecule is C=CC(=O)Nc1cc(Nc2nccc(-c3cc(C#N)c4c(c3)c(C)cn4C)n2)c(OC)nc1N(C)CCN(C)C. The third kappa shape index (κ3) is 5.87. The number of ether oxygens (including phenoxy) is 1. The van der Waals surface area contributed by atoms with Crippen molar-refractivity contribution < 1.29 is 9.53 Å². The highest BCUT2D eigenvalue weighted by Crippen LogP contribution is 2.35. The number of aryl methyl sites for hydroxylation is 2. The summed E-state index contributed by atoms with van der Waals surface area (Å²) < 4.78 is 7.55. The summed E-state index contributed by atoms with van der Waals surface area (Å²) in [5.41, 5.74) is 4.92. The molecular weight excluding hydrogens is 506 g/mol. The summed E-state index contributed by atoms with van der Waals surface area (Å²) in [5, 5.41) is 16.8. The van der Waals surface area contributed by atoms with Gasteiger partial charge < -0.3 is 29.7 Å². The number of nitrogens with one attached hydrogen (secondary N) is 2. The van der Waals surface area contributed by atoms with Crippen LogP contribution < -0.4 is 20.3 Å². The average molecular weight is 540 g/mol. The highest BCUT2D eigenvalue weighted by molar-refractivity contribution is 6.01. The lowest BCUT2D eigenvalue weighted by Gasteiger charge is -2.24. The molecule has 206 valence electrons. The molecule has 3 heterocycles. The minimum atomic E-state index is -0.363. The first-order valence-corrected chi connectivity index (χ1v) is 12.6. The maximum atomic E-state index is 12.2.